The number of carbonyl (C=O) groups is 2. The number of carbonyl (C=O) groups excluding carboxylic acids is 2. The molecule has 5 rings (SSSR count). The number of aliphatic hydroxyl groups is 1. The molecule has 0 bridgehead atoms. The molecule has 1 aliphatic rings. The Kier molecular flexibility index (Phi) is 9.11. The maximum absolute atomic E-state index is 14.1. The number of hydrogen-bond acceptors (Lipinski definition) is 8. The Morgan fingerprint density at radius 3 is 2.59 bits per heavy atom. The Balaban J connectivity index is 1.51. The van der Waals surface area contributed by atoms with Gasteiger partial charge < -0.3 is 9.84 Å². The molecule has 1 N–H and O–H groups in total. The fourth-order valence-electron chi connectivity index (χ4n) is 4.53. The molecule has 0 spiro atoms. The summed E-state index contributed by atoms with van der Waals surface area (Å²) < 4.78 is 20.6. The van der Waals surface area contributed by atoms with Gasteiger partial charge in [0.2, 0.25) is 5.13 Å². The van der Waals surface area contributed by atoms with Gasteiger partial charge in [-0.15, -0.1) is 10.2 Å². The predicted molar refractivity (Wildman–Crippen MR) is 159 cm³/mol. The highest BCUT2D eigenvalue weighted by atomic mass is 32.2. The van der Waals surface area contributed by atoms with Crippen molar-refractivity contribution in [3.05, 3.63) is 107 Å². The lowest BCUT2D eigenvalue weighted by atomic mass is 9.95. The summed E-state index contributed by atoms with van der Waals surface area (Å²) in [5, 5.41) is 19.9. The summed E-state index contributed by atoms with van der Waals surface area (Å²) in [6, 6.07) is 21.4. The van der Waals surface area contributed by atoms with E-state index in [0.29, 0.717) is 39.1 Å². The third kappa shape index (κ3) is 6.34. The molecule has 1 aliphatic heterocycles. The van der Waals surface area contributed by atoms with E-state index in [4.69, 9.17) is 4.74 Å². The van der Waals surface area contributed by atoms with Gasteiger partial charge in [-0.1, -0.05) is 104 Å². The van der Waals surface area contributed by atoms with Gasteiger partial charge in [0.1, 0.15) is 17.3 Å². The quantitative estimate of drug-likeness (QED) is 0.0495. The summed E-state index contributed by atoms with van der Waals surface area (Å²) in [4.78, 5) is 28.2. The second-order valence-corrected chi connectivity index (χ2v) is 11.6. The highest BCUT2D eigenvalue weighted by molar-refractivity contribution is 8.00. The molecule has 41 heavy (non-hydrogen) atoms. The summed E-state index contributed by atoms with van der Waals surface area (Å²) in [6.07, 6.45) is 3.02. The molecule has 10 heteroatoms. The van der Waals surface area contributed by atoms with Crippen molar-refractivity contribution in [1.82, 2.24) is 10.2 Å². The minimum absolute atomic E-state index is 0.0416. The van der Waals surface area contributed by atoms with E-state index in [2.05, 4.69) is 17.1 Å². The number of ketones is 1. The zero-order valence-electron chi connectivity index (χ0n) is 22.3. The van der Waals surface area contributed by atoms with Crippen LogP contribution in [0.4, 0.5) is 9.52 Å². The van der Waals surface area contributed by atoms with Gasteiger partial charge in [-0.3, -0.25) is 14.5 Å². The number of rotatable bonds is 11. The van der Waals surface area contributed by atoms with Crippen LogP contribution < -0.4 is 9.64 Å². The summed E-state index contributed by atoms with van der Waals surface area (Å²) >= 11 is 2.41. The van der Waals surface area contributed by atoms with E-state index in [0.717, 1.165) is 30.6 Å². The molecule has 1 saturated heterocycles. The van der Waals surface area contributed by atoms with E-state index in [-0.39, 0.29) is 22.3 Å². The first kappa shape index (κ1) is 28.5. The Hall–Kier alpha value is -4.02. The number of benzene rings is 3. The second-order valence-electron chi connectivity index (χ2n) is 9.39. The molecular weight excluding hydrogens is 561 g/mol. The van der Waals surface area contributed by atoms with Crippen molar-refractivity contribution < 1.29 is 23.8 Å². The van der Waals surface area contributed by atoms with Crippen molar-refractivity contribution >= 4 is 45.7 Å². The number of unbranched alkanes of at least 4 members (excludes halogenated alkanes) is 2. The van der Waals surface area contributed by atoms with E-state index in [1.165, 1.54) is 22.7 Å². The molecule has 1 fully saturated rings. The van der Waals surface area contributed by atoms with Crippen molar-refractivity contribution in [3.8, 4) is 5.75 Å². The SMILES string of the molecule is CCCCCOc1cccc(C2C(=C(O)c3ccccc3)C(=O)C(=O)N2c2nnc(SCc3ccccc3F)s2)c1. The fraction of sp³-hybridized carbons (Fsp3) is 0.226. The smallest absolute Gasteiger partial charge is 0.301 e. The fourth-order valence-corrected chi connectivity index (χ4v) is 6.38. The van der Waals surface area contributed by atoms with Crippen LogP contribution >= 0.6 is 23.1 Å². The van der Waals surface area contributed by atoms with Crippen LogP contribution in [0.1, 0.15) is 48.9 Å². The Labute approximate surface area is 245 Å². The lowest BCUT2D eigenvalue weighted by Gasteiger charge is -2.23. The molecule has 210 valence electrons. The van der Waals surface area contributed by atoms with E-state index in [1.807, 2.05) is 6.07 Å². The number of halogens is 1. The van der Waals surface area contributed by atoms with Gasteiger partial charge in [0, 0.05) is 11.3 Å². The van der Waals surface area contributed by atoms with Crippen molar-refractivity contribution in [2.45, 2.75) is 42.3 Å². The zero-order valence-corrected chi connectivity index (χ0v) is 24.0. The number of thioether (sulfide) groups is 1. The van der Waals surface area contributed by atoms with Crippen LogP contribution in [0.5, 0.6) is 5.75 Å². The minimum Gasteiger partial charge on any atom is -0.507 e. The lowest BCUT2D eigenvalue weighted by molar-refractivity contribution is -0.132. The zero-order chi connectivity index (χ0) is 28.8. The average Bonchev–Trinajstić information content (AvgIpc) is 3.57. The predicted octanol–water partition coefficient (Wildman–Crippen LogP) is 7.16. The molecular formula is C31H28FN3O4S2. The number of aliphatic hydroxyl groups excluding tert-OH is 1. The highest BCUT2D eigenvalue weighted by Gasteiger charge is 2.48. The molecule has 0 radical (unpaired) electrons. The van der Waals surface area contributed by atoms with Gasteiger partial charge in [-0.05, 0) is 35.7 Å². The summed E-state index contributed by atoms with van der Waals surface area (Å²) in [5.41, 5.74) is 1.49. The number of amides is 1. The van der Waals surface area contributed by atoms with E-state index < -0.39 is 17.7 Å². The van der Waals surface area contributed by atoms with Crippen LogP contribution in [0.3, 0.4) is 0 Å². The monoisotopic (exact) mass is 589 g/mol. The molecule has 2 heterocycles. The van der Waals surface area contributed by atoms with Crippen molar-refractivity contribution in [2.24, 2.45) is 0 Å². The largest absolute Gasteiger partial charge is 0.507 e. The van der Waals surface area contributed by atoms with Crippen LogP contribution in [0.25, 0.3) is 5.76 Å². The van der Waals surface area contributed by atoms with Crippen LogP contribution in [-0.4, -0.2) is 33.6 Å². The normalized spacial score (nSPS) is 16.3. The van der Waals surface area contributed by atoms with E-state index >= 15 is 0 Å². The number of aromatic nitrogens is 2. The van der Waals surface area contributed by atoms with E-state index in [1.54, 1.807) is 66.7 Å². The summed E-state index contributed by atoms with van der Waals surface area (Å²) in [6.45, 7) is 2.66. The number of nitrogens with zero attached hydrogens (tertiary/aromatic N) is 3. The van der Waals surface area contributed by atoms with Gasteiger partial charge in [0.15, 0.2) is 4.34 Å². The van der Waals surface area contributed by atoms with Gasteiger partial charge in [-0.25, -0.2) is 4.39 Å². The second kappa shape index (κ2) is 13.1. The molecule has 3 aromatic carbocycles. The molecule has 4 aromatic rings. The molecule has 0 saturated carbocycles. The molecule has 0 aliphatic carbocycles. The maximum Gasteiger partial charge on any atom is 0.301 e. The molecule has 1 atom stereocenters. The highest BCUT2D eigenvalue weighted by Crippen LogP contribution is 2.44. The van der Waals surface area contributed by atoms with Gasteiger partial charge in [0.05, 0.1) is 18.2 Å². The first-order valence-electron chi connectivity index (χ1n) is 13.3. The minimum atomic E-state index is -0.952. The number of Topliss-reactive ketones (excluding diaryl/α,β-unsaturated/α-hetero) is 1. The first-order valence-corrected chi connectivity index (χ1v) is 15.1. The van der Waals surface area contributed by atoms with Crippen LogP contribution in [-0.2, 0) is 15.3 Å². The molecule has 1 amide bonds. The van der Waals surface area contributed by atoms with Crippen LogP contribution in [0.2, 0.25) is 0 Å². The number of hydrogen-bond donors (Lipinski definition) is 1. The topological polar surface area (TPSA) is 92.6 Å². The molecule has 7 nitrogen and oxygen atoms in total. The van der Waals surface area contributed by atoms with Gasteiger partial charge in [-0.2, -0.15) is 0 Å². The molecule has 1 aromatic heterocycles. The third-order valence-electron chi connectivity index (χ3n) is 6.59. The van der Waals surface area contributed by atoms with Crippen LogP contribution in [0.15, 0.2) is 88.8 Å². The molecule has 1 unspecified atom stereocenters. The summed E-state index contributed by atoms with van der Waals surface area (Å²) in [5.74, 6) is -1.29. The van der Waals surface area contributed by atoms with Gasteiger partial charge >= 0.3 is 5.91 Å². The standard InChI is InChI=1S/C31H28FN3O4S2/c1-2-3-9-17-39-23-15-10-14-21(18-23)26-25(27(36)20-11-5-4-6-12-20)28(37)29(38)35(26)30-33-34-31(41-30)40-19-22-13-7-8-16-24(22)32/h4-8,10-16,18,26,36H,2-3,9,17,19H2,1H3. The Morgan fingerprint density at radius 2 is 1.80 bits per heavy atom. The number of ether oxygens (including phenoxy) is 1. The lowest BCUT2D eigenvalue weighted by Crippen LogP contribution is -2.29. The summed E-state index contributed by atoms with van der Waals surface area (Å²) in [7, 11) is 0. The number of anilines is 1. The Morgan fingerprint density at radius 1 is 1.02 bits per heavy atom. The average molecular weight is 590 g/mol. The first-order chi connectivity index (χ1) is 20.0. The van der Waals surface area contributed by atoms with E-state index in [9.17, 15) is 19.1 Å². The van der Waals surface area contributed by atoms with Crippen molar-refractivity contribution in [1.29, 1.82) is 0 Å². The Bertz CT molecular complexity index is 1570. The third-order valence-corrected chi connectivity index (χ3v) is 8.70. The van der Waals surface area contributed by atoms with Crippen molar-refractivity contribution in [3.63, 3.8) is 0 Å². The maximum atomic E-state index is 14.1. The van der Waals surface area contributed by atoms with Gasteiger partial charge in [0.25, 0.3) is 5.78 Å². The van der Waals surface area contributed by atoms with Crippen LogP contribution in [0, 0.1) is 5.82 Å². The van der Waals surface area contributed by atoms with Crippen molar-refractivity contribution in [2.75, 3.05) is 11.5 Å².